The van der Waals surface area contributed by atoms with Crippen molar-refractivity contribution >= 4 is 11.7 Å². The standard InChI is InChI=1S/C16H17NO2/c1-3-19-16(18)13-6-4-12(5-7-13)15-9-8-14(17)10-11(15)2/h4-10H,3,17H2,1-2H3. The van der Waals surface area contributed by atoms with Crippen LogP contribution < -0.4 is 5.73 Å². The smallest absolute Gasteiger partial charge is 0.338 e. The van der Waals surface area contributed by atoms with Crippen LogP contribution in [-0.2, 0) is 4.74 Å². The summed E-state index contributed by atoms with van der Waals surface area (Å²) in [7, 11) is 0. The average Bonchev–Trinajstić information content (AvgIpc) is 2.39. The molecule has 0 saturated heterocycles. The Morgan fingerprint density at radius 1 is 1.16 bits per heavy atom. The molecule has 0 spiro atoms. The zero-order valence-corrected chi connectivity index (χ0v) is 11.1. The maximum Gasteiger partial charge on any atom is 0.338 e. The van der Waals surface area contributed by atoms with Crippen molar-refractivity contribution in [2.75, 3.05) is 12.3 Å². The van der Waals surface area contributed by atoms with Crippen LogP contribution in [0.15, 0.2) is 42.5 Å². The number of esters is 1. The molecule has 19 heavy (non-hydrogen) atoms. The van der Waals surface area contributed by atoms with Crippen LogP contribution in [0.2, 0.25) is 0 Å². The second-order valence-electron chi connectivity index (χ2n) is 4.37. The molecule has 0 aliphatic carbocycles. The van der Waals surface area contributed by atoms with Crippen LogP contribution in [0.25, 0.3) is 11.1 Å². The maximum atomic E-state index is 11.6. The molecule has 0 radical (unpaired) electrons. The van der Waals surface area contributed by atoms with Gasteiger partial charge in [0.25, 0.3) is 0 Å². The fraction of sp³-hybridized carbons (Fsp3) is 0.188. The molecular weight excluding hydrogens is 238 g/mol. The molecule has 0 aromatic heterocycles. The first-order chi connectivity index (χ1) is 9.11. The summed E-state index contributed by atoms with van der Waals surface area (Å²) >= 11 is 0. The van der Waals surface area contributed by atoms with E-state index in [2.05, 4.69) is 0 Å². The van der Waals surface area contributed by atoms with Crippen LogP contribution in [0.3, 0.4) is 0 Å². The van der Waals surface area contributed by atoms with Gasteiger partial charge in [-0.2, -0.15) is 0 Å². The molecular formula is C16H17NO2. The molecule has 0 heterocycles. The van der Waals surface area contributed by atoms with Gasteiger partial charge >= 0.3 is 5.97 Å². The third kappa shape index (κ3) is 2.94. The number of carbonyl (C=O) groups is 1. The van der Waals surface area contributed by atoms with Crippen LogP contribution in [-0.4, -0.2) is 12.6 Å². The summed E-state index contributed by atoms with van der Waals surface area (Å²) in [5, 5.41) is 0. The lowest BCUT2D eigenvalue weighted by molar-refractivity contribution is 0.0526. The van der Waals surface area contributed by atoms with E-state index in [0.29, 0.717) is 12.2 Å². The Kier molecular flexibility index (Phi) is 3.85. The van der Waals surface area contributed by atoms with E-state index in [-0.39, 0.29) is 5.97 Å². The predicted molar refractivity (Wildman–Crippen MR) is 77.0 cm³/mol. The van der Waals surface area contributed by atoms with E-state index in [0.717, 1.165) is 22.4 Å². The number of nitrogens with two attached hydrogens (primary N) is 1. The third-order valence-corrected chi connectivity index (χ3v) is 2.96. The Bertz CT molecular complexity index is 588. The Morgan fingerprint density at radius 2 is 1.84 bits per heavy atom. The second-order valence-corrected chi connectivity index (χ2v) is 4.37. The number of carbonyl (C=O) groups excluding carboxylic acids is 1. The van der Waals surface area contributed by atoms with Gasteiger partial charge in [0.05, 0.1) is 12.2 Å². The van der Waals surface area contributed by atoms with Crippen molar-refractivity contribution in [2.45, 2.75) is 13.8 Å². The SMILES string of the molecule is CCOC(=O)c1ccc(-c2ccc(N)cc2C)cc1. The van der Waals surface area contributed by atoms with E-state index < -0.39 is 0 Å². The lowest BCUT2D eigenvalue weighted by atomic mass is 9.99. The summed E-state index contributed by atoms with van der Waals surface area (Å²) in [5.74, 6) is -0.289. The van der Waals surface area contributed by atoms with Gasteiger partial charge in [-0.15, -0.1) is 0 Å². The summed E-state index contributed by atoms with van der Waals surface area (Å²) in [6, 6.07) is 13.2. The molecule has 0 bridgehead atoms. The van der Waals surface area contributed by atoms with E-state index in [1.807, 2.05) is 37.3 Å². The first-order valence-electron chi connectivity index (χ1n) is 6.25. The Labute approximate surface area is 113 Å². The van der Waals surface area contributed by atoms with E-state index in [4.69, 9.17) is 10.5 Å². The van der Waals surface area contributed by atoms with Gasteiger partial charge in [-0.1, -0.05) is 18.2 Å². The molecule has 0 saturated carbocycles. The molecule has 98 valence electrons. The van der Waals surface area contributed by atoms with Crippen molar-refractivity contribution in [3.63, 3.8) is 0 Å². The second kappa shape index (κ2) is 5.57. The monoisotopic (exact) mass is 255 g/mol. The zero-order chi connectivity index (χ0) is 13.8. The van der Waals surface area contributed by atoms with E-state index >= 15 is 0 Å². The topological polar surface area (TPSA) is 52.3 Å². The lowest BCUT2D eigenvalue weighted by Gasteiger charge is -2.08. The van der Waals surface area contributed by atoms with Gasteiger partial charge < -0.3 is 10.5 Å². The minimum Gasteiger partial charge on any atom is -0.462 e. The number of anilines is 1. The van der Waals surface area contributed by atoms with Gasteiger partial charge in [-0.3, -0.25) is 0 Å². The number of nitrogen functional groups attached to an aromatic ring is 1. The lowest BCUT2D eigenvalue weighted by Crippen LogP contribution is -2.04. The van der Waals surface area contributed by atoms with Crippen LogP contribution in [0.5, 0.6) is 0 Å². The summed E-state index contributed by atoms with van der Waals surface area (Å²) in [6.07, 6.45) is 0. The predicted octanol–water partition coefficient (Wildman–Crippen LogP) is 3.42. The van der Waals surface area contributed by atoms with Gasteiger partial charge in [0.2, 0.25) is 0 Å². The van der Waals surface area contributed by atoms with Gasteiger partial charge in [0.15, 0.2) is 0 Å². The number of hydrogen-bond donors (Lipinski definition) is 1. The highest BCUT2D eigenvalue weighted by Gasteiger charge is 2.07. The molecule has 0 aliphatic heterocycles. The number of aryl methyl sites for hydroxylation is 1. The molecule has 0 amide bonds. The highest BCUT2D eigenvalue weighted by molar-refractivity contribution is 5.90. The third-order valence-electron chi connectivity index (χ3n) is 2.96. The van der Waals surface area contributed by atoms with E-state index in [1.165, 1.54) is 0 Å². The summed E-state index contributed by atoms with van der Waals surface area (Å²) < 4.78 is 4.96. The van der Waals surface area contributed by atoms with Crippen LogP contribution >= 0.6 is 0 Å². The number of benzene rings is 2. The molecule has 3 nitrogen and oxygen atoms in total. The van der Waals surface area contributed by atoms with Gasteiger partial charge in [-0.25, -0.2) is 4.79 Å². The normalized spacial score (nSPS) is 10.2. The van der Waals surface area contributed by atoms with E-state index in [1.54, 1.807) is 19.1 Å². The fourth-order valence-corrected chi connectivity index (χ4v) is 2.01. The molecule has 0 fully saturated rings. The van der Waals surface area contributed by atoms with Crippen molar-refractivity contribution < 1.29 is 9.53 Å². The van der Waals surface area contributed by atoms with Crippen LogP contribution in [0.1, 0.15) is 22.8 Å². The molecule has 2 aromatic carbocycles. The molecule has 0 aliphatic rings. The summed E-state index contributed by atoms with van der Waals surface area (Å²) in [5.41, 5.74) is 10.4. The average molecular weight is 255 g/mol. The first kappa shape index (κ1) is 13.1. The summed E-state index contributed by atoms with van der Waals surface area (Å²) in [4.78, 5) is 11.6. The largest absolute Gasteiger partial charge is 0.462 e. The highest BCUT2D eigenvalue weighted by Crippen LogP contribution is 2.25. The number of rotatable bonds is 3. The molecule has 2 aromatic rings. The highest BCUT2D eigenvalue weighted by atomic mass is 16.5. The van der Waals surface area contributed by atoms with Crippen LogP contribution in [0.4, 0.5) is 5.69 Å². The van der Waals surface area contributed by atoms with Crippen molar-refractivity contribution in [1.29, 1.82) is 0 Å². The van der Waals surface area contributed by atoms with Crippen molar-refractivity contribution in [3.05, 3.63) is 53.6 Å². The first-order valence-corrected chi connectivity index (χ1v) is 6.25. The molecule has 0 atom stereocenters. The minimum atomic E-state index is -0.289. The Morgan fingerprint density at radius 3 is 2.42 bits per heavy atom. The molecule has 2 N–H and O–H groups in total. The number of hydrogen-bond acceptors (Lipinski definition) is 3. The fourth-order valence-electron chi connectivity index (χ4n) is 2.01. The maximum absolute atomic E-state index is 11.6. The van der Waals surface area contributed by atoms with E-state index in [9.17, 15) is 4.79 Å². The van der Waals surface area contributed by atoms with Crippen LogP contribution in [0, 0.1) is 6.92 Å². The molecule has 2 rings (SSSR count). The number of ether oxygens (including phenoxy) is 1. The Hall–Kier alpha value is -2.29. The van der Waals surface area contributed by atoms with Gasteiger partial charge in [-0.05, 0) is 54.8 Å². The van der Waals surface area contributed by atoms with Gasteiger partial charge in [0.1, 0.15) is 0 Å². The molecule has 0 unspecified atom stereocenters. The Balaban J connectivity index is 2.30. The quantitative estimate of drug-likeness (QED) is 0.675. The van der Waals surface area contributed by atoms with Crippen molar-refractivity contribution in [3.8, 4) is 11.1 Å². The molecule has 3 heteroatoms. The van der Waals surface area contributed by atoms with Gasteiger partial charge in [0, 0.05) is 5.69 Å². The van der Waals surface area contributed by atoms with Crippen molar-refractivity contribution in [2.24, 2.45) is 0 Å². The zero-order valence-electron chi connectivity index (χ0n) is 11.1. The summed E-state index contributed by atoms with van der Waals surface area (Å²) in [6.45, 7) is 4.20. The van der Waals surface area contributed by atoms with Crippen molar-refractivity contribution in [1.82, 2.24) is 0 Å². The minimum absolute atomic E-state index is 0.289.